The molecule has 0 aliphatic carbocycles. The molecule has 2 fully saturated rings. The Hall–Kier alpha value is -2.23. The van der Waals surface area contributed by atoms with E-state index in [1.54, 1.807) is 39.0 Å². The maximum Gasteiger partial charge on any atom is 0.257 e. The number of nitrogens with one attached hydrogen (secondary N) is 1. The van der Waals surface area contributed by atoms with E-state index >= 15 is 0 Å². The van der Waals surface area contributed by atoms with Gasteiger partial charge < -0.3 is 24.6 Å². The van der Waals surface area contributed by atoms with E-state index < -0.39 is 40.0 Å². The van der Waals surface area contributed by atoms with E-state index in [0.717, 1.165) is 0 Å². The monoisotopic (exact) mass is 468 g/mol. The quantitative estimate of drug-likeness (QED) is 0.680. The fourth-order valence-corrected chi connectivity index (χ4v) is 6.07. The number of aromatic nitrogens is 1. The molecule has 2 aromatic rings. The summed E-state index contributed by atoms with van der Waals surface area (Å²) in [5.41, 5.74) is 0.615. The van der Waals surface area contributed by atoms with E-state index in [2.05, 4.69) is 10.5 Å². The highest BCUT2D eigenvalue weighted by molar-refractivity contribution is 8.01. The number of amides is 2. The van der Waals surface area contributed by atoms with Crippen molar-refractivity contribution < 1.29 is 24.0 Å². The molecule has 1 aromatic heterocycles. The number of hydrogen-bond acceptors (Lipinski definition) is 7. The van der Waals surface area contributed by atoms with Crippen molar-refractivity contribution in [2.45, 2.75) is 43.0 Å². The minimum Gasteiger partial charge on any atom is -0.548 e. The van der Waals surface area contributed by atoms with Gasteiger partial charge in [-0.15, -0.1) is 11.8 Å². The van der Waals surface area contributed by atoms with Crippen LogP contribution in [-0.2, 0) is 9.59 Å². The Labute approximate surface area is 185 Å². The second-order valence-electron chi connectivity index (χ2n) is 7.59. The molecule has 0 radical (unpaired) electrons. The second kappa shape index (κ2) is 7.18. The van der Waals surface area contributed by atoms with Crippen LogP contribution in [0.3, 0.4) is 0 Å². The molecule has 0 spiro atoms. The predicted molar refractivity (Wildman–Crippen MR) is 109 cm³/mol. The summed E-state index contributed by atoms with van der Waals surface area (Å²) in [6.07, 6.45) is 0. The van der Waals surface area contributed by atoms with Crippen LogP contribution in [0.2, 0.25) is 10.0 Å². The maximum absolute atomic E-state index is 13.1. The molecule has 11 heteroatoms. The molecule has 4 rings (SSSR count). The Balaban J connectivity index is 1.62. The summed E-state index contributed by atoms with van der Waals surface area (Å²) < 4.78 is 4.45. The Bertz CT molecular complexity index is 1070. The Kier molecular flexibility index (Phi) is 5.03. The van der Waals surface area contributed by atoms with Crippen molar-refractivity contribution in [1.82, 2.24) is 15.4 Å². The lowest BCUT2D eigenvalue weighted by atomic mass is 9.95. The van der Waals surface area contributed by atoms with Crippen molar-refractivity contribution in [2.24, 2.45) is 0 Å². The molecular formula is C19H16Cl2N3O5S-. The van der Waals surface area contributed by atoms with Gasteiger partial charge in [0.05, 0.1) is 22.1 Å². The minimum atomic E-state index is -1.32. The predicted octanol–water partition coefficient (Wildman–Crippen LogP) is 1.87. The lowest BCUT2D eigenvalue weighted by Crippen LogP contribution is -2.71. The highest BCUT2D eigenvalue weighted by Crippen LogP contribution is 2.50. The third-order valence-electron chi connectivity index (χ3n) is 5.24. The molecule has 2 saturated heterocycles. The normalized spacial score (nSPS) is 24.4. The van der Waals surface area contributed by atoms with Gasteiger partial charge in [0, 0.05) is 10.3 Å². The number of carbonyl (C=O) groups is 3. The average Bonchev–Trinajstić information content (AvgIpc) is 3.14. The Morgan fingerprint density at radius 1 is 1.30 bits per heavy atom. The summed E-state index contributed by atoms with van der Waals surface area (Å²) in [5, 5.41) is 18.2. The second-order valence-corrected chi connectivity index (χ2v) is 10.2. The number of halogens is 2. The lowest BCUT2D eigenvalue weighted by Gasteiger charge is -2.45. The third kappa shape index (κ3) is 3.07. The van der Waals surface area contributed by atoms with E-state index in [1.807, 2.05) is 0 Å². The molecule has 0 bridgehead atoms. The molecule has 3 atom stereocenters. The van der Waals surface area contributed by atoms with Crippen LogP contribution in [0.25, 0.3) is 11.3 Å². The van der Waals surface area contributed by atoms with Crippen molar-refractivity contribution in [3.05, 3.63) is 39.6 Å². The van der Waals surface area contributed by atoms with Gasteiger partial charge in [0.2, 0.25) is 5.91 Å². The molecule has 1 aromatic carbocycles. The molecule has 0 saturated carbocycles. The Morgan fingerprint density at radius 2 is 1.93 bits per heavy atom. The summed E-state index contributed by atoms with van der Waals surface area (Å²) in [5.74, 6) is -2.16. The number of aryl methyl sites for hydroxylation is 1. The standard InChI is InChI=1S/C19H17Cl2N3O5S/c1-7-10(12(23-29-7)11-8(20)5-4-6-9(11)21)15(25)22-13-16(26)24-14(18(27)28)19(2,3)30-17(13)24/h4-6,13-14,17H,1-3H3,(H,22,25)(H,27,28)/p-1/t13-,14+,17+/m0/s1. The van der Waals surface area contributed by atoms with Crippen molar-refractivity contribution >= 4 is 52.7 Å². The average molecular weight is 469 g/mol. The largest absolute Gasteiger partial charge is 0.548 e. The number of fused-ring (bicyclic) bond motifs is 1. The zero-order chi connectivity index (χ0) is 22.0. The molecule has 158 valence electrons. The van der Waals surface area contributed by atoms with Gasteiger partial charge in [-0.05, 0) is 32.9 Å². The summed E-state index contributed by atoms with van der Waals surface area (Å²) >= 11 is 13.8. The first-order chi connectivity index (χ1) is 14.0. The SMILES string of the molecule is Cc1onc(-c2c(Cl)cccc2Cl)c1C(=O)N[C@H]1C(=O)N2[C@@H]1SC(C)(C)[C@H]2C(=O)[O-]. The molecule has 2 aliphatic rings. The minimum absolute atomic E-state index is 0.106. The maximum atomic E-state index is 13.1. The van der Waals surface area contributed by atoms with Crippen molar-refractivity contribution in [2.75, 3.05) is 0 Å². The van der Waals surface area contributed by atoms with Crippen LogP contribution in [0.4, 0.5) is 0 Å². The Morgan fingerprint density at radius 3 is 2.53 bits per heavy atom. The highest BCUT2D eigenvalue weighted by Gasteiger charge is 2.62. The molecular weight excluding hydrogens is 453 g/mol. The van der Waals surface area contributed by atoms with Crippen LogP contribution >= 0.6 is 35.0 Å². The van der Waals surface area contributed by atoms with Crippen LogP contribution in [0.1, 0.15) is 30.0 Å². The number of rotatable bonds is 4. The third-order valence-corrected chi connectivity index (χ3v) is 7.44. The van der Waals surface area contributed by atoms with Crippen molar-refractivity contribution in [1.29, 1.82) is 0 Å². The fourth-order valence-electron chi connectivity index (χ4n) is 3.87. The number of aliphatic carboxylic acids is 1. The first kappa shape index (κ1) is 21.0. The molecule has 3 heterocycles. The highest BCUT2D eigenvalue weighted by atomic mass is 35.5. The first-order valence-corrected chi connectivity index (χ1v) is 10.6. The number of carboxylic acid groups (broad SMARTS) is 1. The van der Waals surface area contributed by atoms with Crippen LogP contribution in [-0.4, -0.2) is 50.0 Å². The summed E-state index contributed by atoms with van der Waals surface area (Å²) in [7, 11) is 0. The molecule has 0 unspecified atom stereocenters. The van der Waals surface area contributed by atoms with E-state index in [1.165, 1.54) is 16.7 Å². The van der Waals surface area contributed by atoms with E-state index in [-0.39, 0.29) is 17.0 Å². The van der Waals surface area contributed by atoms with Gasteiger partial charge in [0.1, 0.15) is 28.4 Å². The van der Waals surface area contributed by atoms with E-state index in [4.69, 9.17) is 27.7 Å². The van der Waals surface area contributed by atoms with Crippen molar-refractivity contribution in [3.8, 4) is 11.3 Å². The first-order valence-electron chi connectivity index (χ1n) is 8.97. The number of thioether (sulfide) groups is 1. The van der Waals surface area contributed by atoms with E-state index in [0.29, 0.717) is 15.6 Å². The van der Waals surface area contributed by atoms with Gasteiger partial charge in [-0.2, -0.15) is 0 Å². The van der Waals surface area contributed by atoms with Gasteiger partial charge in [0.25, 0.3) is 5.91 Å². The van der Waals surface area contributed by atoms with E-state index in [9.17, 15) is 19.5 Å². The number of carbonyl (C=O) groups excluding carboxylic acids is 3. The number of hydrogen-bond donors (Lipinski definition) is 1. The van der Waals surface area contributed by atoms with Crippen LogP contribution in [0, 0.1) is 6.92 Å². The number of nitrogens with zero attached hydrogens (tertiary/aromatic N) is 2. The van der Waals surface area contributed by atoms with Crippen molar-refractivity contribution in [3.63, 3.8) is 0 Å². The van der Waals surface area contributed by atoms with Crippen LogP contribution in [0.5, 0.6) is 0 Å². The zero-order valence-electron chi connectivity index (χ0n) is 16.1. The smallest absolute Gasteiger partial charge is 0.257 e. The van der Waals surface area contributed by atoms with Gasteiger partial charge in [-0.1, -0.05) is 34.4 Å². The number of benzene rings is 1. The van der Waals surface area contributed by atoms with Gasteiger partial charge in [-0.25, -0.2) is 0 Å². The fraction of sp³-hybridized carbons (Fsp3) is 0.368. The molecule has 8 nitrogen and oxygen atoms in total. The molecule has 2 aliphatic heterocycles. The summed E-state index contributed by atoms with van der Waals surface area (Å²) in [6.45, 7) is 5.01. The van der Waals surface area contributed by atoms with Crippen LogP contribution in [0.15, 0.2) is 22.7 Å². The topological polar surface area (TPSA) is 116 Å². The molecule has 30 heavy (non-hydrogen) atoms. The molecule has 2 amide bonds. The zero-order valence-corrected chi connectivity index (χ0v) is 18.4. The molecule has 1 N–H and O–H groups in total. The number of β-lactam (4-membered cyclic amide) rings is 1. The number of carboxylic acids is 1. The van der Waals surface area contributed by atoms with Gasteiger partial charge in [-0.3, -0.25) is 9.59 Å². The van der Waals surface area contributed by atoms with Gasteiger partial charge >= 0.3 is 0 Å². The lowest BCUT2D eigenvalue weighted by molar-refractivity contribution is -0.312. The summed E-state index contributed by atoms with van der Waals surface area (Å²) in [6, 6.07) is 2.94. The van der Waals surface area contributed by atoms with Gasteiger partial charge in [0.15, 0.2) is 0 Å². The van der Waals surface area contributed by atoms with Crippen LogP contribution < -0.4 is 10.4 Å². The summed E-state index contributed by atoms with van der Waals surface area (Å²) in [4.78, 5) is 38.5.